The highest BCUT2D eigenvalue weighted by molar-refractivity contribution is 5.73. The molecule has 1 aliphatic heterocycles. The van der Waals surface area contributed by atoms with Gasteiger partial charge in [0.15, 0.2) is 0 Å². The number of hydrogen-bond donors (Lipinski definition) is 0. The molecule has 21 heavy (non-hydrogen) atoms. The molecule has 0 saturated heterocycles. The minimum absolute atomic E-state index is 0.230. The first kappa shape index (κ1) is 12.9. The predicted octanol–water partition coefficient (Wildman–Crippen LogP) is 4.26. The topological polar surface area (TPSA) is 27.1 Å². The van der Waals surface area contributed by atoms with Crippen molar-refractivity contribution in [2.24, 2.45) is 0 Å². The molecule has 0 bridgehead atoms. The normalized spacial score (nSPS) is 19.0. The fourth-order valence-corrected chi connectivity index (χ4v) is 3.78. The second kappa shape index (κ2) is 4.58. The summed E-state index contributed by atoms with van der Waals surface area (Å²) in [4.78, 5) is 0. The van der Waals surface area contributed by atoms with Crippen LogP contribution in [0.3, 0.4) is 0 Å². The van der Waals surface area contributed by atoms with Gasteiger partial charge in [-0.25, -0.2) is 4.39 Å². The summed E-state index contributed by atoms with van der Waals surface area (Å²) in [6.45, 7) is 2.84. The summed E-state index contributed by atoms with van der Waals surface area (Å²) >= 11 is 0. The molecule has 4 heteroatoms. The molecule has 0 unspecified atom stereocenters. The zero-order valence-corrected chi connectivity index (χ0v) is 12.2. The lowest BCUT2D eigenvalue weighted by atomic mass is 9.77. The van der Waals surface area contributed by atoms with Crippen molar-refractivity contribution >= 4 is 0 Å². The van der Waals surface area contributed by atoms with Crippen molar-refractivity contribution in [1.29, 1.82) is 0 Å². The van der Waals surface area contributed by atoms with Crippen LogP contribution in [-0.4, -0.2) is 9.78 Å². The van der Waals surface area contributed by atoms with E-state index in [4.69, 9.17) is 4.74 Å². The van der Waals surface area contributed by atoms with E-state index in [-0.39, 0.29) is 11.4 Å². The molecule has 1 aromatic heterocycles. The highest BCUT2D eigenvalue weighted by atomic mass is 19.1. The van der Waals surface area contributed by atoms with Crippen LogP contribution in [0, 0.1) is 5.82 Å². The number of hydrogen-bond acceptors (Lipinski definition) is 2. The van der Waals surface area contributed by atoms with E-state index < -0.39 is 0 Å². The van der Waals surface area contributed by atoms with Crippen LogP contribution in [0.1, 0.15) is 44.6 Å². The lowest BCUT2D eigenvalue weighted by Gasteiger charge is -2.41. The van der Waals surface area contributed by atoms with Gasteiger partial charge in [-0.15, -0.1) is 0 Å². The maximum absolute atomic E-state index is 13.7. The van der Waals surface area contributed by atoms with E-state index in [2.05, 4.69) is 12.0 Å². The largest absolute Gasteiger partial charge is 0.482 e. The standard InChI is InChI=1S/C17H19FN2O/c1-2-20-16-13-10-12(18)6-7-15(13)21-17(14(16)11-19-20)8-4-3-5-9-17/h6-7,10-11H,2-5,8-9H2,1H3. The van der Waals surface area contributed by atoms with E-state index in [1.165, 1.54) is 25.3 Å². The van der Waals surface area contributed by atoms with Crippen LogP contribution in [0.15, 0.2) is 24.4 Å². The summed E-state index contributed by atoms with van der Waals surface area (Å²) in [6, 6.07) is 4.81. The SMILES string of the molecule is CCn1ncc2c1-c1cc(F)ccc1OC21CCCCC1. The van der Waals surface area contributed by atoms with Crippen molar-refractivity contribution < 1.29 is 9.13 Å². The second-order valence-electron chi connectivity index (χ2n) is 6.02. The molecular formula is C17H19FN2O. The Bertz CT molecular complexity index is 686. The van der Waals surface area contributed by atoms with Crippen LogP contribution in [0.25, 0.3) is 11.3 Å². The fraction of sp³-hybridized carbons (Fsp3) is 0.471. The number of aromatic nitrogens is 2. The van der Waals surface area contributed by atoms with Crippen molar-refractivity contribution in [3.8, 4) is 17.0 Å². The quantitative estimate of drug-likeness (QED) is 0.783. The Balaban J connectivity index is 1.95. The summed E-state index contributed by atoms with van der Waals surface area (Å²) in [7, 11) is 0. The van der Waals surface area contributed by atoms with Crippen LogP contribution in [0.4, 0.5) is 4.39 Å². The van der Waals surface area contributed by atoms with Gasteiger partial charge in [0.25, 0.3) is 0 Å². The molecule has 1 spiro atoms. The van der Waals surface area contributed by atoms with Gasteiger partial charge in [0, 0.05) is 17.7 Å². The van der Waals surface area contributed by atoms with Gasteiger partial charge >= 0.3 is 0 Å². The first-order chi connectivity index (χ1) is 10.2. The smallest absolute Gasteiger partial charge is 0.138 e. The first-order valence-electron chi connectivity index (χ1n) is 7.79. The number of halogens is 1. The summed E-state index contributed by atoms with van der Waals surface area (Å²) in [5, 5.41) is 4.51. The van der Waals surface area contributed by atoms with E-state index in [0.717, 1.165) is 42.0 Å². The molecule has 1 aromatic carbocycles. The molecule has 1 saturated carbocycles. The minimum atomic E-state index is -0.258. The van der Waals surface area contributed by atoms with Crippen LogP contribution in [0.5, 0.6) is 5.75 Å². The highest BCUT2D eigenvalue weighted by Gasteiger charge is 2.43. The van der Waals surface area contributed by atoms with Crippen LogP contribution < -0.4 is 4.74 Å². The summed E-state index contributed by atoms with van der Waals surface area (Å²) in [5.41, 5.74) is 2.76. The Labute approximate surface area is 123 Å². The third-order valence-corrected chi connectivity index (χ3v) is 4.79. The lowest BCUT2D eigenvalue weighted by Crippen LogP contribution is -2.38. The third kappa shape index (κ3) is 1.81. The molecule has 4 rings (SSSR count). The Morgan fingerprint density at radius 3 is 2.86 bits per heavy atom. The van der Waals surface area contributed by atoms with E-state index in [0.29, 0.717) is 0 Å². The Hall–Kier alpha value is -1.84. The molecule has 2 aromatic rings. The Morgan fingerprint density at radius 1 is 1.29 bits per heavy atom. The van der Waals surface area contributed by atoms with Crippen molar-refractivity contribution in [3.63, 3.8) is 0 Å². The van der Waals surface area contributed by atoms with Gasteiger partial charge in [0.2, 0.25) is 0 Å². The van der Waals surface area contributed by atoms with Gasteiger partial charge in [-0.2, -0.15) is 5.10 Å². The average molecular weight is 286 g/mol. The van der Waals surface area contributed by atoms with Crippen molar-refractivity contribution in [1.82, 2.24) is 9.78 Å². The summed E-state index contributed by atoms with van der Waals surface area (Å²) in [6.07, 6.45) is 7.58. The molecule has 0 N–H and O–H groups in total. The van der Waals surface area contributed by atoms with Crippen LogP contribution in [-0.2, 0) is 12.1 Å². The zero-order valence-electron chi connectivity index (χ0n) is 12.2. The molecule has 0 radical (unpaired) electrons. The average Bonchev–Trinajstić information content (AvgIpc) is 2.95. The van der Waals surface area contributed by atoms with Gasteiger partial charge in [-0.05, 0) is 50.8 Å². The molecule has 0 atom stereocenters. The number of aryl methyl sites for hydroxylation is 1. The maximum Gasteiger partial charge on any atom is 0.138 e. The number of rotatable bonds is 1. The van der Waals surface area contributed by atoms with Crippen LogP contribution >= 0.6 is 0 Å². The molecule has 2 aliphatic rings. The second-order valence-corrected chi connectivity index (χ2v) is 6.02. The number of ether oxygens (including phenoxy) is 1. The Kier molecular flexibility index (Phi) is 2.81. The summed E-state index contributed by atoms with van der Waals surface area (Å²) in [5.74, 6) is 0.563. The molecule has 3 nitrogen and oxygen atoms in total. The molecule has 110 valence electrons. The highest BCUT2D eigenvalue weighted by Crippen LogP contribution is 2.51. The predicted molar refractivity (Wildman–Crippen MR) is 78.7 cm³/mol. The van der Waals surface area contributed by atoms with E-state index in [1.807, 2.05) is 10.9 Å². The number of benzene rings is 1. The number of nitrogens with zero attached hydrogens (tertiary/aromatic N) is 2. The first-order valence-corrected chi connectivity index (χ1v) is 7.79. The van der Waals surface area contributed by atoms with Gasteiger partial charge < -0.3 is 4.74 Å². The lowest BCUT2D eigenvalue weighted by molar-refractivity contribution is 0.0237. The maximum atomic E-state index is 13.7. The molecule has 1 aliphatic carbocycles. The number of fused-ring (bicyclic) bond motifs is 4. The van der Waals surface area contributed by atoms with Crippen molar-refractivity contribution in [2.45, 2.75) is 51.2 Å². The van der Waals surface area contributed by atoms with Gasteiger partial charge in [0.1, 0.15) is 17.2 Å². The van der Waals surface area contributed by atoms with Crippen LogP contribution in [0.2, 0.25) is 0 Å². The van der Waals surface area contributed by atoms with Gasteiger partial charge in [-0.1, -0.05) is 6.42 Å². The fourth-order valence-electron chi connectivity index (χ4n) is 3.78. The van der Waals surface area contributed by atoms with E-state index in [1.54, 1.807) is 12.1 Å². The van der Waals surface area contributed by atoms with E-state index >= 15 is 0 Å². The Morgan fingerprint density at radius 2 is 2.10 bits per heavy atom. The van der Waals surface area contributed by atoms with Crippen molar-refractivity contribution in [3.05, 3.63) is 35.8 Å². The monoisotopic (exact) mass is 286 g/mol. The third-order valence-electron chi connectivity index (χ3n) is 4.79. The van der Waals surface area contributed by atoms with Gasteiger partial charge in [-0.3, -0.25) is 4.68 Å². The molecule has 1 fully saturated rings. The molecule has 2 heterocycles. The zero-order chi connectivity index (χ0) is 14.4. The molecule has 0 amide bonds. The minimum Gasteiger partial charge on any atom is -0.482 e. The van der Waals surface area contributed by atoms with E-state index in [9.17, 15) is 4.39 Å². The summed E-state index contributed by atoms with van der Waals surface area (Å²) < 4.78 is 22.0. The van der Waals surface area contributed by atoms with Gasteiger partial charge in [0.05, 0.1) is 11.9 Å². The van der Waals surface area contributed by atoms with Crippen molar-refractivity contribution in [2.75, 3.05) is 0 Å². The molecular weight excluding hydrogens is 267 g/mol.